The lowest BCUT2D eigenvalue weighted by molar-refractivity contribution is 0.100. The topological polar surface area (TPSA) is 102 Å². The molecule has 1 heterocycles. The Morgan fingerprint density at radius 1 is 1.69 bits per heavy atom. The molecule has 6 nitrogen and oxygen atoms in total. The molecular formula is C5H7N3O3S2. The molecule has 0 unspecified atom stereocenters. The van der Waals surface area contributed by atoms with E-state index in [0.29, 0.717) is 0 Å². The molecular weight excluding hydrogens is 214 g/mol. The molecule has 1 rings (SSSR count). The van der Waals surface area contributed by atoms with E-state index in [1.807, 2.05) is 0 Å². The van der Waals surface area contributed by atoms with Gasteiger partial charge >= 0.3 is 0 Å². The van der Waals surface area contributed by atoms with Gasteiger partial charge in [-0.3, -0.25) is 9.52 Å². The number of carbonyl (C=O) groups is 1. The van der Waals surface area contributed by atoms with Gasteiger partial charge in [0.1, 0.15) is 4.88 Å². The molecule has 0 fully saturated rings. The average Bonchev–Trinajstić information content (AvgIpc) is 2.31. The first-order chi connectivity index (χ1) is 5.88. The third-order valence-electron chi connectivity index (χ3n) is 1.02. The summed E-state index contributed by atoms with van der Waals surface area (Å²) in [7, 11) is -3.34. The number of thiazole rings is 1. The minimum atomic E-state index is -3.34. The summed E-state index contributed by atoms with van der Waals surface area (Å²) in [6, 6.07) is 0. The van der Waals surface area contributed by atoms with Crippen LogP contribution in [0.1, 0.15) is 9.67 Å². The number of aromatic nitrogens is 1. The smallest absolute Gasteiger partial charge is 0.260 e. The van der Waals surface area contributed by atoms with Gasteiger partial charge in [0.15, 0.2) is 5.13 Å². The molecule has 13 heavy (non-hydrogen) atoms. The highest BCUT2D eigenvalue weighted by Gasteiger charge is 2.09. The summed E-state index contributed by atoms with van der Waals surface area (Å²) < 4.78 is 23.6. The van der Waals surface area contributed by atoms with Crippen molar-refractivity contribution in [1.82, 2.24) is 4.98 Å². The summed E-state index contributed by atoms with van der Waals surface area (Å²) in [6.07, 6.45) is 2.22. The number of primary amides is 1. The van der Waals surface area contributed by atoms with Crippen LogP contribution in [0.3, 0.4) is 0 Å². The van der Waals surface area contributed by atoms with Crippen LogP contribution in [-0.4, -0.2) is 25.6 Å². The van der Waals surface area contributed by atoms with E-state index in [2.05, 4.69) is 9.71 Å². The van der Waals surface area contributed by atoms with Gasteiger partial charge in [0.05, 0.1) is 12.5 Å². The summed E-state index contributed by atoms with van der Waals surface area (Å²) in [4.78, 5) is 14.5. The molecule has 0 saturated carbocycles. The van der Waals surface area contributed by atoms with Gasteiger partial charge in [0.2, 0.25) is 10.0 Å². The number of hydrogen-bond acceptors (Lipinski definition) is 5. The zero-order valence-electron chi connectivity index (χ0n) is 6.64. The average molecular weight is 221 g/mol. The maximum atomic E-state index is 10.7. The van der Waals surface area contributed by atoms with Crippen molar-refractivity contribution in [3.05, 3.63) is 11.1 Å². The fourth-order valence-corrected chi connectivity index (χ4v) is 2.10. The summed E-state index contributed by atoms with van der Waals surface area (Å²) in [5.41, 5.74) is 4.95. The highest BCUT2D eigenvalue weighted by Crippen LogP contribution is 2.17. The van der Waals surface area contributed by atoms with Crippen LogP contribution in [-0.2, 0) is 10.0 Å². The Hall–Kier alpha value is -1.15. The molecule has 1 aromatic heterocycles. The fraction of sp³-hybridized carbons (Fsp3) is 0.200. The number of nitrogens with zero attached hydrogens (tertiary/aromatic N) is 1. The standard InChI is InChI=1S/C5H7N3O3S2/c1-13(10,11)8-5-7-2-3(12-5)4(6)9/h2H,1H3,(H2,6,9)(H,7,8). The van der Waals surface area contributed by atoms with Gasteiger partial charge in [-0.25, -0.2) is 13.4 Å². The van der Waals surface area contributed by atoms with Gasteiger partial charge in [-0.15, -0.1) is 0 Å². The van der Waals surface area contributed by atoms with Crippen LogP contribution in [0.25, 0.3) is 0 Å². The van der Waals surface area contributed by atoms with Crippen LogP contribution < -0.4 is 10.5 Å². The van der Waals surface area contributed by atoms with Crippen molar-refractivity contribution in [2.45, 2.75) is 0 Å². The number of anilines is 1. The fourth-order valence-electron chi connectivity index (χ4n) is 0.594. The largest absolute Gasteiger partial charge is 0.365 e. The van der Waals surface area contributed by atoms with Gasteiger partial charge in [-0.1, -0.05) is 11.3 Å². The zero-order valence-corrected chi connectivity index (χ0v) is 8.28. The van der Waals surface area contributed by atoms with E-state index >= 15 is 0 Å². The number of nitrogens with one attached hydrogen (secondary N) is 1. The first-order valence-electron chi connectivity index (χ1n) is 3.12. The number of sulfonamides is 1. The first-order valence-corrected chi connectivity index (χ1v) is 5.83. The van der Waals surface area contributed by atoms with Gasteiger partial charge < -0.3 is 5.73 Å². The van der Waals surface area contributed by atoms with Crippen molar-refractivity contribution in [3.8, 4) is 0 Å². The molecule has 0 aliphatic heterocycles. The lowest BCUT2D eigenvalue weighted by Crippen LogP contribution is -2.09. The van der Waals surface area contributed by atoms with E-state index in [0.717, 1.165) is 17.6 Å². The number of nitrogens with two attached hydrogens (primary N) is 1. The summed E-state index contributed by atoms with van der Waals surface area (Å²) >= 11 is 0.892. The maximum Gasteiger partial charge on any atom is 0.260 e. The third kappa shape index (κ3) is 2.99. The molecule has 0 atom stereocenters. The predicted molar refractivity (Wildman–Crippen MR) is 49.1 cm³/mol. The Morgan fingerprint density at radius 3 is 2.69 bits per heavy atom. The summed E-state index contributed by atoms with van der Waals surface area (Å²) in [6.45, 7) is 0. The van der Waals surface area contributed by atoms with Crippen LogP contribution in [0.15, 0.2) is 6.20 Å². The Bertz CT molecular complexity index is 422. The first kappa shape index (κ1) is 9.93. The van der Waals surface area contributed by atoms with Crippen LogP contribution >= 0.6 is 11.3 Å². The molecule has 0 spiro atoms. The van der Waals surface area contributed by atoms with E-state index in [-0.39, 0.29) is 10.0 Å². The minimum Gasteiger partial charge on any atom is -0.365 e. The van der Waals surface area contributed by atoms with Crippen molar-refractivity contribution in [3.63, 3.8) is 0 Å². The molecule has 8 heteroatoms. The molecule has 0 saturated heterocycles. The second kappa shape index (κ2) is 3.30. The molecule has 0 aliphatic rings. The van der Waals surface area contributed by atoms with Gasteiger partial charge in [0, 0.05) is 0 Å². The minimum absolute atomic E-state index is 0.135. The molecule has 72 valence electrons. The Kier molecular flexibility index (Phi) is 2.52. The maximum absolute atomic E-state index is 10.7. The monoisotopic (exact) mass is 221 g/mol. The summed E-state index contributed by atoms with van der Waals surface area (Å²) in [5.74, 6) is -0.626. The summed E-state index contributed by atoms with van der Waals surface area (Å²) in [5, 5.41) is 0.135. The second-order valence-electron chi connectivity index (χ2n) is 2.27. The third-order valence-corrected chi connectivity index (χ3v) is 2.64. The van der Waals surface area contributed by atoms with Crippen molar-refractivity contribution >= 4 is 32.4 Å². The molecule has 1 aromatic rings. The van der Waals surface area contributed by atoms with E-state index in [1.165, 1.54) is 6.20 Å². The number of carbonyl (C=O) groups excluding carboxylic acids is 1. The highest BCUT2D eigenvalue weighted by molar-refractivity contribution is 7.92. The van der Waals surface area contributed by atoms with Gasteiger partial charge in [-0.05, 0) is 0 Å². The molecule has 0 aromatic carbocycles. The molecule has 3 N–H and O–H groups in total. The molecule has 0 aliphatic carbocycles. The van der Waals surface area contributed by atoms with E-state index in [9.17, 15) is 13.2 Å². The predicted octanol–water partition coefficient (Wildman–Crippen LogP) is -0.387. The van der Waals surface area contributed by atoms with Crippen molar-refractivity contribution < 1.29 is 13.2 Å². The highest BCUT2D eigenvalue weighted by atomic mass is 32.2. The van der Waals surface area contributed by atoms with Gasteiger partial charge in [-0.2, -0.15) is 0 Å². The molecule has 0 bridgehead atoms. The van der Waals surface area contributed by atoms with Crippen LogP contribution in [0.2, 0.25) is 0 Å². The zero-order chi connectivity index (χ0) is 10.1. The van der Waals surface area contributed by atoms with E-state index < -0.39 is 15.9 Å². The Morgan fingerprint density at radius 2 is 2.31 bits per heavy atom. The van der Waals surface area contributed by atoms with Crippen molar-refractivity contribution in [2.24, 2.45) is 5.73 Å². The van der Waals surface area contributed by atoms with Crippen LogP contribution in [0.4, 0.5) is 5.13 Å². The van der Waals surface area contributed by atoms with E-state index in [4.69, 9.17) is 5.73 Å². The molecule has 0 radical (unpaired) electrons. The van der Waals surface area contributed by atoms with E-state index in [1.54, 1.807) is 0 Å². The van der Waals surface area contributed by atoms with Gasteiger partial charge in [0.25, 0.3) is 5.91 Å². The lowest BCUT2D eigenvalue weighted by atomic mass is 10.5. The quantitative estimate of drug-likeness (QED) is 0.725. The normalized spacial score (nSPS) is 11.2. The molecule has 1 amide bonds. The Balaban J connectivity index is 2.87. The van der Waals surface area contributed by atoms with Crippen molar-refractivity contribution in [1.29, 1.82) is 0 Å². The Labute approximate surface area is 78.8 Å². The van der Waals surface area contributed by atoms with Crippen LogP contribution in [0.5, 0.6) is 0 Å². The SMILES string of the molecule is CS(=O)(=O)Nc1ncc(C(N)=O)s1. The second-order valence-corrected chi connectivity index (χ2v) is 5.05. The lowest BCUT2D eigenvalue weighted by Gasteiger charge is -1.95. The van der Waals surface area contributed by atoms with Crippen LogP contribution in [0, 0.1) is 0 Å². The number of rotatable bonds is 3. The number of amides is 1. The van der Waals surface area contributed by atoms with Crippen molar-refractivity contribution in [2.75, 3.05) is 11.0 Å². The number of hydrogen-bond donors (Lipinski definition) is 2.